The smallest absolute Gasteiger partial charge is 0.411 e. The number of hydrogen-bond donors (Lipinski definition) is 2. The first kappa shape index (κ1) is 24.3. The van der Waals surface area contributed by atoms with Crippen LogP contribution in [0.25, 0.3) is 11.3 Å². The van der Waals surface area contributed by atoms with Crippen molar-refractivity contribution in [2.75, 3.05) is 6.54 Å². The molecule has 2 atom stereocenters. The second kappa shape index (κ2) is 9.46. The van der Waals surface area contributed by atoms with E-state index in [4.69, 9.17) is 10.5 Å². The summed E-state index contributed by atoms with van der Waals surface area (Å²) in [5.74, 6) is -0.625. The number of carbonyl (C=O) groups is 2. The quantitative estimate of drug-likeness (QED) is 0.530. The first-order chi connectivity index (χ1) is 16.6. The van der Waals surface area contributed by atoms with Crippen molar-refractivity contribution in [1.29, 1.82) is 0 Å². The number of benzene rings is 2. The largest absolute Gasteiger partial charge is 0.438 e. The van der Waals surface area contributed by atoms with Crippen LogP contribution in [0.5, 0.6) is 0 Å². The molecule has 1 aliphatic rings. The fourth-order valence-electron chi connectivity index (χ4n) is 4.62. The van der Waals surface area contributed by atoms with Crippen LogP contribution < -0.4 is 5.73 Å². The van der Waals surface area contributed by atoms with E-state index < -0.39 is 23.2 Å². The van der Waals surface area contributed by atoms with Crippen molar-refractivity contribution in [3.05, 3.63) is 83.6 Å². The zero-order valence-electron chi connectivity index (χ0n) is 20.1. The van der Waals surface area contributed by atoms with Gasteiger partial charge in [-0.3, -0.25) is 4.79 Å². The molecule has 8 heteroatoms. The molecule has 0 radical (unpaired) electrons. The third kappa shape index (κ3) is 5.33. The third-order valence-corrected chi connectivity index (χ3v) is 6.37. The van der Waals surface area contributed by atoms with Gasteiger partial charge in [0.15, 0.2) is 5.69 Å². The first-order valence-corrected chi connectivity index (χ1v) is 11.6. The van der Waals surface area contributed by atoms with Gasteiger partial charge >= 0.3 is 6.09 Å². The van der Waals surface area contributed by atoms with Crippen LogP contribution in [0.2, 0.25) is 0 Å². The second-order valence-corrected chi connectivity index (χ2v) is 9.63. The number of primary amides is 1. The molecule has 1 aliphatic heterocycles. The zero-order chi connectivity index (χ0) is 25.2. The average Bonchev–Trinajstić information content (AvgIpc) is 2.83. The Morgan fingerprint density at radius 1 is 1.11 bits per heavy atom. The Bertz CT molecular complexity index is 1190. The summed E-state index contributed by atoms with van der Waals surface area (Å²) in [6, 6.07) is 20.3. The Kier molecular flexibility index (Phi) is 6.58. The number of nitrogens with zero attached hydrogens (tertiary/aromatic N) is 3. The second-order valence-electron chi connectivity index (χ2n) is 9.63. The summed E-state index contributed by atoms with van der Waals surface area (Å²) >= 11 is 0. The predicted molar refractivity (Wildman–Crippen MR) is 131 cm³/mol. The normalized spacial score (nSPS) is 19.2. The van der Waals surface area contributed by atoms with Crippen molar-refractivity contribution in [2.45, 2.75) is 50.9 Å². The molecule has 3 aromatic rings. The summed E-state index contributed by atoms with van der Waals surface area (Å²) in [6.07, 6.45) is 0.466. The minimum atomic E-state index is -1.00. The van der Waals surface area contributed by atoms with Crippen LogP contribution in [0.15, 0.2) is 66.7 Å². The Morgan fingerprint density at radius 3 is 2.34 bits per heavy atom. The molecule has 3 N–H and O–H groups in total. The number of hydrogen-bond acceptors (Lipinski definition) is 6. The molecule has 4 rings (SSSR count). The van der Waals surface area contributed by atoms with Crippen molar-refractivity contribution in [3.8, 4) is 11.3 Å². The molecule has 2 amide bonds. The molecule has 1 saturated heterocycles. The molecule has 8 nitrogen and oxygen atoms in total. The van der Waals surface area contributed by atoms with Crippen molar-refractivity contribution < 1.29 is 19.4 Å². The highest BCUT2D eigenvalue weighted by atomic mass is 16.6. The van der Waals surface area contributed by atoms with Crippen molar-refractivity contribution >= 4 is 12.0 Å². The van der Waals surface area contributed by atoms with E-state index in [-0.39, 0.29) is 11.7 Å². The average molecular weight is 475 g/mol. The summed E-state index contributed by atoms with van der Waals surface area (Å²) < 4.78 is 6.09. The van der Waals surface area contributed by atoms with Gasteiger partial charge in [0, 0.05) is 24.9 Å². The minimum absolute atomic E-state index is 0.110. The fourth-order valence-corrected chi connectivity index (χ4v) is 4.62. The Hall–Kier alpha value is -3.78. The lowest BCUT2D eigenvalue weighted by atomic mass is 9.80. The van der Waals surface area contributed by atoms with E-state index in [2.05, 4.69) is 10.2 Å². The van der Waals surface area contributed by atoms with Crippen LogP contribution in [0, 0.1) is 0 Å². The van der Waals surface area contributed by atoms with E-state index in [0.29, 0.717) is 25.1 Å². The predicted octanol–water partition coefficient (Wildman–Crippen LogP) is 4.20. The molecule has 0 bridgehead atoms. The highest BCUT2D eigenvalue weighted by Gasteiger charge is 2.46. The Labute approximate surface area is 204 Å². The van der Waals surface area contributed by atoms with E-state index in [0.717, 1.165) is 16.7 Å². The van der Waals surface area contributed by atoms with Crippen molar-refractivity contribution in [3.63, 3.8) is 0 Å². The van der Waals surface area contributed by atoms with E-state index in [1.165, 1.54) is 6.07 Å². The van der Waals surface area contributed by atoms with Crippen LogP contribution in [0.3, 0.4) is 0 Å². The van der Waals surface area contributed by atoms with Gasteiger partial charge in [-0.05, 0) is 44.0 Å². The maximum Gasteiger partial charge on any atom is 0.411 e. The lowest BCUT2D eigenvalue weighted by Crippen LogP contribution is -2.51. The number of nitrogens with two attached hydrogens (primary N) is 1. The van der Waals surface area contributed by atoms with E-state index in [1.807, 2.05) is 61.5 Å². The summed E-state index contributed by atoms with van der Waals surface area (Å²) in [6.45, 7) is 5.91. The SMILES string of the molecule is C[C@@H](c1ccc(-c2ccc(C(N)=O)nn2)cc1)N1CC[C@](CC(C)(C)O)(c2ccccc2)OC1=O. The molecule has 0 aliphatic carbocycles. The van der Waals surface area contributed by atoms with Gasteiger partial charge in [0.2, 0.25) is 0 Å². The summed E-state index contributed by atoms with van der Waals surface area (Å²) in [7, 11) is 0. The zero-order valence-corrected chi connectivity index (χ0v) is 20.1. The molecule has 0 unspecified atom stereocenters. The topological polar surface area (TPSA) is 119 Å². The lowest BCUT2D eigenvalue weighted by Gasteiger charge is -2.45. The molecule has 2 aromatic carbocycles. The van der Waals surface area contributed by atoms with E-state index in [1.54, 1.807) is 24.8 Å². The molecule has 35 heavy (non-hydrogen) atoms. The summed E-state index contributed by atoms with van der Waals surface area (Å²) in [5, 5.41) is 18.5. The van der Waals surface area contributed by atoms with E-state index >= 15 is 0 Å². The molecular weight excluding hydrogens is 444 g/mol. The summed E-state index contributed by atoms with van der Waals surface area (Å²) in [4.78, 5) is 26.1. The van der Waals surface area contributed by atoms with E-state index in [9.17, 15) is 14.7 Å². The van der Waals surface area contributed by atoms with Gasteiger partial charge < -0.3 is 20.5 Å². The van der Waals surface area contributed by atoms with Gasteiger partial charge in [-0.25, -0.2) is 4.79 Å². The first-order valence-electron chi connectivity index (χ1n) is 11.6. The molecule has 0 saturated carbocycles. The van der Waals surface area contributed by atoms with Crippen LogP contribution >= 0.6 is 0 Å². The van der Waals surface area contributed by atoms with Crippen LogP contribution in [-0.4, -0.2) is 44.4 Å². The molecule has 1 aromatic heterocycles. The van der Waals surface area contributed by atoms with Gasteiger partial charge in [0.1, 0.15) is 5.60 Å². The number of aromatic nitrogens is 2. The third-order valence-electron chi connectivity index (χ3n) is 6.37. The molecule has 0 spiro atoms. The van der Waals surface area contributed by atoms with Gasteiger partial charge in [-0.1, -0.05) is 54.6 Å². The minimum Gasteiger partial charge on any atom is -0.438 e. The highest BCUT2D eigenvalue weighted by molar-refractivity contribution is 5.90. The highest BCUT2D eigenvalue weighted by Crippen LogP contribution is 2.42. The Morgan fingerprint density at radius 2 is 1.80 bits per heavy atom. The maximum absolute atomic E-state index is 13.2. The number of rotatable bonds is 7. The summed E-state index contributed by atoms with van der Waals surface area (Å²) in [5.41, 5.74) is 6.73. The van der Waals surface area contributed by atoms with Gasteiger partial charge in [-0.15, -0.1) is 10.2 Å². The number of amides is 2. The standard InChI is InChI=1S/C27H30N4O4/c1-18(19-9-11-20(12-10-19)22-13-14-23(24(28)32)30-29-22)31-16-15-27(35-25(31)33,17-26(2,3)34)21-7-5-4-6-8-21/h4-14,18,34H,15-17H2,1-3H3,(H2,28,32)/t18-,27-/m0/s1. The van der Waals surface area contributed by atoms with Gasteiger partial charge in [0.25, 0.3) is 5.91 Å². The van der Waals surface area contributed by atoms with Crippen molar-refractivity contribution in [2.24, 2.45) is 5.73 Å². The number of ether oxygens (including phenoxy) is 1. The molecule has 182 valence electrons. The monoisotopic (exact) mass is 474 g/mol. The number of aliphatic hydroxyl groups is 1. The molecule has 2 heterocycles. The molecule has 1 fully saturated rings. The molecular formula is C27H30N4O4. The fraction of sp³-hybridized carbons (Fsp3) is 0.333. The maximum atomic E-state index is 13.2. The van der Waals surface area contributed by atoms with Crippen LogP contribution in [0.4, 0.5) is 4.79 Å². The van der Waals surface area contributed by atoms with Gasteiger partial charge in [0.05, 0.1) is 17.3 Å². The van der Waals surface area contributed by atoms with Crippen molar-refractivity contribution in [1.82, 2.24) is 15.1 Å². The lowest BCUT2D eigenvalue weighted by molar-refractivity contribution is -0.101. The van der Waals surface area contributed by atoms with Gasteiger partial charge in [-0.2, -0.15) is 0 Å². The Balaban J connectivity index is 1.51. The van der Waals surface area contributed by atoms with Crippen LogP contribution in [-0.2, 0) is 10.3 Å². The number of carbonyl (C=O) groups excluding carboxylic acids is 2. The number of cyclic esters (lactones) is 1. The van der Waals surface area contributed by atoms with Crippen LogP contribution in [0.1, 0.15) is 61.3 Å².